The molecule has 0 aliphatic carbocycles. The molecule has 0 saturated carbocycles. The summed E-state index contributed by atoms with van der Waals surface area (Å²) in [5.74, 6) is 1.98. The molecular formula is C22H20ClN5O3. The fourth-order valence-corrected chi connectivity index (χ4v) is 3.22. The van der Waals surface area contributed by atoms with E-state index in [0.717, 1.165) is 22.7 Å². The van der Waals surface area contributed by atoms with E-state index in [1.165, 1.54) is 0 Å². The van der Waals surface area contributed by atoms with Crippen LogP contribution >= 0.6 is 11.6 Å². The Hall–Kier alpha value is -3.65. The van der Waals surface area contributed by atoms with Crippen LogP contribution in [0.2, 0.25) is 5.02 Å². The molecule has 2 aromatic heterocycles. The molecule has 31 heavy (non-hydrogen) atoms. The molecule has 0 fully saturated rings. The van der Waals surface area contributed by atoms with Crippen molar-refractivity contribution in [2.45, 2.75) is 19.8 Å². The van der Waals surface area contributed by atoms with E-state index in [1.807, 2.05) is 43.3 Å². The van der Waals surface area contributed by atoms with Crippen molar-refractivity contribution in [2.24, 2.45) is 0 Å². The van der Waals surface area contributed by atoms with E-state index in [1.54, 1.807) is 30.0 Å². The van der Waals surface area contributed by atoms with Gasteiger partial charge in [0, 0.05) is 29.5 Å². The van der Waals surface area contributed by atoms with Gasteiger partial charge in [-0.2, -0.15) is 10.1 Å². The summed E-state index contributed by atoms with van der Waals surface area (Å²) in [6.07, 6.45) is 0.503. The first-order chi connectivity index (χ1) is 15.0. The van der Waals surface area contributed by atoms with Crippen LogP contribution in [0.15, 0.2) is 59.1 Å². The Labute approximate surface area is 183 Å². The van der Waals surface area contributed by atoms with E-state index in [4.69, 9.17) is 20.9 Å². The number of hydrogen-bond donors (Lipinski definition) is 1. The van der Waals surface area contributed by atoms with Crippen molar-refractivity contribution in [3.8, 4) is 22.8 Å². The second-order valence-corrected chi connectivity index (χ2v) is 7.29. The van der Waals surface area contributed by atoms with Gasteiger partial charge >= 0.3 is 0 Å². The molecule has 8 nitrogen and oxygen atoms in total. The summed E-state index contributed by atoms with van der Waals surface area (Å²) in [4.78, 5) is 16.9. The minimum absolute atomic E-state index is 0.185. The molecule has 0 aliphatic rings. The predicted octanol–water partition coefficient (Wildman–Crippen LogP) is 4.46. The maximum atomic E-state index is 12.5. The average Bonchev–Trinajstić information content (AvgIpc) is 3.39. The number of hydrogen-bond acceptors (Lipinski definition) is 6. The molecule has 0 aliphatic heterocycles. The molecule has 0 bridgehead atoms. The second-order valence-electron chi connectivity index (χ2n) is 6.85. The van der Waals surface area contributed by atoms with E-state index in [-0.39, 0.29) is 12.3 Å². The number of anilines is 1. The van der Waals surface area contributed by atoms with Gasteiger partial charge in [0.25, 0.3) is 0 Å². The first-order valence-corrected chi connectivity index (χ1v) is 9.99. The van der Waals surface area contributed by atoms with Crippen molar-refractivity contribution in [1.29, 1.82) is 0 Å². The first kappa shape index (κ1) is 20.6. The fraction of sp³-hybridized carbons (Fsp3) is 0.182. The van der Waals surface area contributed by atoms with Crippen LogP contribution < -0.4 is 10.1 Å². The van der Waals surface area contributed by atoms with E-state index in [0.29, 0.717) is 29.0 Å². The number of ether oxygens (including phenoxy) is 1. The number of amides is 1. The third-order valence-electron chi connectivity index (χ3n) is 4.53. The Kier molecular flexibility index (Phi) is 5.99. The van der Waals surface area contributed by atoms with E-state index in [9.17, 15) is 4.79 Å². The van der Waals surface area contributed by atoms with Crippen molar-refractivity contribution < 1.29 is 14.1 Å². The van der Waals surface area contributed by atoms with Crippen LogP contribution in [0.5, 0.6) is 5.75 Å². The number of carbonyl (C=O) groups excluding carboxylic acids is 1. The summed E-state index contributed by atoms with van der Waals surface area (Å²) < 4.78 is 12.1. The largest absolute Gasteiger partial charge is 0.497 e. The molecule has 9 heteroatoms. The standard InChI is InChI=1S/C22H20ClN5O3/c1-14-12-19(28(26-14)17-5-3-4-16(23)13-17)24-20(29)10-11-21-25-22(27-31-21)15-6-8-18(30-2)9-7-15/h3-9,12-13H,10-11H2,1-2H3,(H,24,29). The highest BCUT2D eigenvalue weighted by Gasteiger charge is 2.14. The second kappa shape index (κ2) is 9.01. The SMILES string of the molecule is COc1ccc(-c2noc(CCC(=O)Nc3cc(C)nn3-c3cccc(Cl)c3)n2)cc1. The molecule has 1 amide bonds. The molecule has 1 N–H and O–H groups in total. The number of nitrogens with one attached hydrogen (secondary N) is 1. The molecule has 2 heterocycles. The third-order valence-corrected chi connectivity index (χ3v) is 4.77. The van der Waals surface area contributed by atoms with Gasteiger partial charge in [0.05, 0.1) is 18.5 Å². The highest BCUT2D eigenvalue weighted by Crippen LogP contribution is 2.22. The summed E-state index contributed by atoms with van der Waals surface area (Å²) in [6, 6.07) is 16.4. The Morgan fingerprint density at radius 2 is 2.00 bits per heavy atom. The van der Waals surface area contributed by atoms with Crippen LogP contribution in [0.1, 0.15) is 18.0 Å². The molecule has 0 unspecified atom stereocenters. The van der Waals surface area contributed by atoms with Gasteiger partial charge in [0.15, 0.2) is 0 Å². The number of methoxy groups -OCH3 is 1. The zero-order valence-electron chi connectivity index (χ0n) is 17.0. The highest BCUT2D eigenvalue weighted by molar-refractivity contribution is 6.30. The minimum Gasteiger partial charge on any atom is -0.497 e. The van der Waals surface area contributed by atoms with Crippen molar-refractivity contribution >= 4 is 23.3 Å². The van der Waals surface area contributed by atoms with Crippen LogP contribution in [0.4, 0.5) is 5.82 Å². The van der Waals surface area contributed by atoms with Gasteiger partial charge in [0.2, 0.25) is 17.6 Å². The monoisotopic (exact) mass is 437 g/mol. The van der Waals surface area contributed by atoms with Crippen LogP contribution in [0.3, 0.4) is 0 Å². The predicted molar refractivity (Wildman–Crippen MR) is 117 cm³/mol. The Bertz CT molecular complexity index is 1200. The summed E-state index contributed by atoms with van der Waals surface area (Å²) >= 11 is 6.08. The minimum atomic E-state index is -0.188. The Morgan fingerprint density at radius 1 is 1.19 bits per heavy atom. The van der Waals surface area contributed by atoms with Crippen molar-refractivity contribution in [1.82, 2.24) is 19.9 Å². The molecule has 4 rings (SSSR count). The van der Waals surface area contributed by atoms with Crippen LogP contribution in [-0.2, 0) is 11.2 Å². The van der Waals surface area contributed by atoms with E-state index < -0.39 is 0 Å². The summed E-state index contributed by atoms with van der Waals surface area (Å²) in [7, 11) is 1.61. The van der Waals surface area contributed by atoms with Gasteiger partial charge in [-0.15, -0.1) is 0 Å². The summed E-state index contributed by atoms with van der Waals surface area (Å²) in [5, 5.41) is 11.9. The normalized spacial score (nSPS) is 10.8. The first-order valence-electron chi connectivity index (χ1n) is 9.61. The Balaban J connectivity index is 1.40. The molecular weight excluding hydrogens is 418 g/mol. The van der Waals surface area contributed by atoms with E-state index >= 15 is 0 Å². The molecule has 0 spiro atoms. The molecule has 0 radical (unpaired) electrons. The Morgan fingerprint density at radius 3 is 2.74 bits per heavy atom. The molecule has 0 atom stereocenters. The number of aromatic nitrogens is 4. The van der Waals surface area contributed by atoms with Gasteiger partial charge < -0.3 is 14.6 Å². The summed E-state index contributed by atoms with van der Waals surface area (Å²) in [5.41, 5.74) is 2.34. The van der Waals surface area contributed by atoms with Crippen molar-refractivity contribution in [3.63, 3.8) is 0 Å². The number of rotatable bonds is 7. The maximum Gasteiger partial charge on any atom is 0.227 e. The van der Waals surface area contributed by atoms with Crippen molar-refractivity contribution in [3.05, 3.63) is 71.2 Å². The zero-order chi connectivity index (χ0) is 21.8. The lowest BCUT2D eigenvalue weighted by Crippen LogP contribution is -2.15. The highest BCUT2D eigenvalue weighted by atomic mass is 35.5. The molecule has 158 valence electrons. The fourth-order valence-electron chi connectivity index (χ4n) is 3.03. The van der Waals surface area contributed by atoms with Crippen LogP contribution in [0.25, 0.3) is 17.1 Å². The van der Waals surface area contributed by atoms with E-state index in [2.05, 4.69) is 20.6 Å². The van der Waals surface area contributed by atoms with Gasteiger partial charge in [0.1, 0.15) is 11.6 Å². The summed E-state index contributed by atoms with van der Waals surface area (Å²) in [6.45, 7) is 1.86. The third kappa shape index (κ3) is 4.92. The average molecular weight is 438 g/mol. The lowest BCUT2D eigenvalue weighted by Gasteiger charge is -2.08. The quantitative estimate of drug-likeness (QED) is 0.458. The van der Waals surface area contributed by atoms with Gasteiger partial charge in [-0.25, -0.2) is 4.68 Å². The molecule has 0 saturated heterocycles. The maximum absolute atomic E-state index is 12.5. The number of halogens is 1. The smallest absolute Gasteiger partial charge is 0.227 e. The van der Waals surface area contributed by atoms with Crippen LogP contribution in [0, 0.1) is 6.92 Å². The zero-order valence-corrected chi connectivity index (χ0v) is 17.8. The number of benzene rings is 2. The van der Waals surface area contributed by atoms with Gasteiger partial charge in [-0.05, 0) is 49.4 Å². The van der Waals surface area contributed by atoms with Gasteiger partial charge in [-0.1, -0.05) is 22.8 Å². The van der Waals surface area contributed by atoms with Crippen molar-refractivity contribution in [2.75, 3.05) is 12.4 Å². The molecule has 2 aromatic carbocycles. The number of nitrogens with zero attached hydrogens (tertiary/aromatic N) is 4. The molecule has 4 aromatic rings. The topological polar surface area (TPSA) is 95.1 Å². The van der Waals surface area contributed by atoms with Crippen LogP contribution in [-0.4, -0.2) is 32.9 Å². The number of carbonyl (C=O) groups is 1. The van der Waals surface area contributed by atoms with Gasteiger partial charge in [-0.3, -0.25) is 4.79 Å². The number of aryl methyl sites for hydroxylation is 2. The lowest BCUT2D eigenvalue weighted by atomic mass is 10.2. The lowest BCUT2D eigenvalue weighted by molar-refractivity contribution is -0.116.